The molecule has 0 atom stereocenters. The zero-order valence-corrected chi connectivity index (χ0v) is 11.3. The summed E-state index contributed by atoms with van der Waals surface area (Å²) in [6, 6.07) is 6.24. The van der Waals surface area contributed by atoms with Crippen molar-refractivity contribution in [3.8, 4) is 0 Å². The SMILES string of the molecule is CC.CCC.COC(=O)c1ccc(C=O)cc1. The number of rotatable bonds is 2. The van der Waals surface area contributed by atoms with Crippen LogP contribution in [0.15, 0.2) is 24.3 Å². The zero-order valence-electron chi connectivity index (χ0n) is 11.3. The lowest BCUT2D eigenvalue weighted by molar-refractivity contribution is 0.0600. The number of esters is 1. The van der Waals surface area contributed by atoms with Gasteiger partial charge in [0, 0.05) is 5.56 Å². The summed E-state index contributed by atoms with van der Waals surface area (Å²) in [7, 11) is 1.32. The second-order valence-corrected chi connectivity index (χ2v) is 2.94. The van der Waals surface area contributed by atoms with Gasteiger partial charge in [-0.05, 0) is 12.1 Å². The van der Waals surface area contributed by atoms with E-state index in [0.717, 1.165) is 6.29 Å². The van der Waals surface area contributed by atoms with Crippen LogP contribution in [0.4, 0.5) is 0 Å². The maximum Gasteiger partial charge on any atom is 0.337 e. The van der Waals surface area contributed by atoms with Crippen molar-refractivity contribution in [1.29, 1.82) is 0 Å². The predicted molar refractivity (Wildman–Crippen MR) is 70.5 cm³/mol. The normalized spacial score (nSPS) is 7.82. The quantitative estimate of drug-likeness (QED) is 0.582. The van der Waals surface area contributed by atoms with E-state index in [1.807, 2.05) is 13.8 Å². The van der Waals surface area contributed by atoms with E-state index >= 15 is 0 Å². The monoisotopic (exact) mass is 238 g/mol. The van der Waals surface area contributed by atoms with Crippen LogP contribution in [-0.2, 0) is 4.74 Å². The number of carbonyl (C=O) groups is 2. The van der Waals surface area contributed by atoms with E-state index in [4.69, 9.17) is 0 Å². The second-order valence-electron chi connectivity index (χ2n) is 2.94. The van der Waals surface area contributed by atoms with Gasteiger partial charge in [-0.15, -0.1) is 0 Å². The van der Waals surface area contributed by atoms with Gasteiger partial charge >= 0.3 is 5.97 Å². The number of carbonyl (C=O) groups excluding carboxylic acids is 2. The summed E-state index contributed by atoms with van der Waals surface area (Å²) in [4.78, 5) is 21.1. The number of benzene rings is 1. The van der Waals surface area contributed by atoms with Gasteiger partial charge in [-0.25, -0.2) is 4.79 Å². The Bertz CT molecular complexity index is 302. The Morgan fingerprint density at radius 3 is 1.88 bits per heavy atom. The summed E-state index contributed by atoms with van der Waals surface area (Å²) < 4.78 is 4.48. The van der Waals surface area contributed by atoms with E-state index in [9.17, 15) is 9.59 Å². The van der Waals surface area contributed by atoms with Crippen LogP contribution in [-0.4, -0.2) is 19.4 Å². The highest BCUT2D eigenvalue weighted by Crippen LogP contribution is 2.03. The van der Waals surface area contributed by atoms with Crippen molar-refractivity contribution < 1.29 is 14.3 Å². The Morgan fingerprint density at radius 2 is 1.59 bits per heavy atom. The number of hydrogen-bond donors (Lipinski definition) is 0. The topological polar surface area (TPSA) is 43.4 Å². The molecule has 0 saturated heterocycles. The van der Waals surface area contributed by atoms with Gasteiger partial charge in [-0.3, -0.25) is 4.79 Å². The molecule has 0 aromatic heterocycles. The summed E-state index contributed by atoms with van der Waals surface area (Å²) in [6.07, 6.45) is 1.97. The van der Waals surface area contributed by atoms with Crippen molar-refractivity contribution in [2.75, 3.05) is 7.11 Å². The van der Waals surface area contributed by atoms with Gasteiger partial charge in [0.05, 0.1) is 12.7 Å². The molecule has 0 amide bonds. The van der Waals surface area contributed by atoms with Crippen molar-refractivity contribution >= 4 is 12.3 Å². The van der Waals surface area contributed by atoms with Crippen LogP contribution < -0.4 is 0 Å². The maximum absolute atomic E-state index is 10.9. The minimum absolute atomic E-state index is 0.396. The average Bonchev–Trinajstić information content (AvgIpc) is 2.41. The molecular formula is C14H22O3. The Morgan fingerprint density at radius 1 is 1.18 bits per heavy atom. The molecule has 1 aromatic rings. The van der Waals surface area contributed by atoms with Crippen LogP contribution >= 0.6 is 0 Å². The largest absolute Gasteiger partial charge is 0.465 e. The van der Waals surface area contributed by atoms with E-state index in [0.29, 0.717) is 11.1 Å². The first-order valence-electron chi connectivity index (χ1n) is 5.83. The van der Waals surface area contributed by atoms with Gasteiger partial charge in [-0.1, -0.05) is 46.2 Å². The summed E-state index contributed by atoms with van der Waals surface area (Å²) >= 11 is 0. The molecule has 3 heteroatoms. The average molecular weight is 238 g/mol. The first-order valence-corrected chi connectivity index (χ1v) is 5.83. The molecule has 0 radical (unpaired) electrons. The van der Waals surface area contributed by atoms with E-state index < -0.39 is 5.97 Å². The highest BCUT2D eigenvalue weighted by atomic mass is 16.5. The minimum Gasteiger partial charge on any atom is -0.465 e. The third-order valence-corrected chi connectivity index (χ3v) is 1.47. The summed E-state index contributed by atoms with van der Waals surface area (Å²) in [5.41, 5.74) is 0.991. The summed E-state index contributed by atoms with van der Waals surface area (Å²) in [5, 5.41) is 0. The molecule has 0 fully saturated rings. The molecule has 0 spiro atoms. The molecule has 1 rings (SSSR count). The fourth-order valence-corrected chi connectivity index (χ4v) is 0.816. The molecule has 0 aliphatic rings. The Balaban J connectivity index is 0. The van der Waals surface area contributed by atoms with E-state index in [1.165, 1.54) is 13.5 Å². The van der Waals surface area contributed by atoms with Crippen molar-refractivity contribution in [2.24, 2.45) is 0 Å². The lowest BCUT2D eigenvalue weighted by Gasteiger charge is -1.97. The van der Waals surface area contributed by atoms with E-state index in [2.05, 4.69) is 18.6 Å². The van der Waals surface area contributed by atoms with Crippen LogP contribution in [0.2, 0.25) is 0 Å². The van der Waals surface area contributed by atoms with E-state index in [-0.39, 0.29) is 0 Å². The number of hydrogen-bond acceptors (Lipinski definition) is 3. The van der Waals surface area contributed by atoms with Crippen molar-refractivity contribution in [3.05, 3.63) is 35.4 Å². The third-order valence-electron chi connectivity index (χ3n) is 1.47. The number of methoxy groups -OCH3 is 1. The lowest BCUT2D eigenvalue weighted by atomic mass is 10.1. The molecule has 96 valence electrons. The fraction of sp³-hybridized carbons (Fsp3) is 0.429. The van der Waals surface area contributed by atoms with Crippen LogP contribution in [0.3, 0.4) is 0 Å². The van der Waals surface area contributed by atoms with E-state index in [1.54, 1.807) is 24.3 Å². The first kappa shape index (κ1) is 17.7. The zero-order chi connectivity index (χ0) is 13.7. The second kappa shape index (κ2) is 12.4. The molecule has 1 aromatic carbocycles. The molecule has 0 saturated carbocycles. The molecule has 0 aliphatic carbocycles. The van der Waals surface area contributed by atoms with Crippen LogP contribution in [0, 0.1) is 0 Å². The Hall–Kier alpha value is -1.64. The molecular weight excluding hydrogens is 216 g/mol. The molecule has 0 bridgehead atoms. The van der Waals surface area contributed by atoms with Gasteiger partial charge in [0.1, 0.15) is 6.29 Å². The number of aldehydes is 1. The van der Waals surface area contributed by atoms with Gasteiger partial charge in [0.15, 0.2) is 0 Å². The molecule has 0 unspecified atom stereocenters. The molecule has 3 nitrogen and oxygen atoms in total. The predicted octanol–water partition coefficient (Wildman–Crippen LogP) is 3.73. The van der Waals surface area contributed by atoms with Crippen LogP contribution in [0.25, 0.3) is 0 Å². The molecule has 17 heavy (non-hydrogen) atoms. The smallest absolute Gasteiger partial charge is 0.337 e. The highest BCUT2D eigenvalue weighted by molar-refractivity contribution is 5.90. The highest BCUT2D eigenvalue weighted by Gasteiger charge is 2.02. The Kier molecular flexibility index (Phi) is 13.0. The Labute approximate surface area is 104 Å². The molecule has 0 aliphatic heterocycles. The van der Waals surface area contributed by atoms with Crippen LogP contribution in [0.1, 0.15) is 54.8 Å². The maximum atomic E-state index is 10.9. The van der Waals surface area contributed by atoms with Gasteiger partial charge < -0.3 is 4.74 Å². The fourth-order valence-electron chi connectivity index (χ4n) is 0.816. The minimum atomic E-state index is -0.396. The summed E-state index contributed by atoms with van der Waals surface area (Å²) in [5.74, 6) is -0.396. The van der Waals surface area contributed by atoms with Gasteiger partial charge in [0.25, 0.3) is 0 Å². The number of ether oxygens (including phenoxy) is 1. The van der Waals surface area contributed by atoms with Crippen molar-refractivity contribution in [2.45, 2.75) is 34.1 Å². The van der Waals surface area contributed by atoms with Crippen molar-refractivity contribution in [3.63, 3.8) is 0 Å². The summed E-state index contributed by atoms with van der Waals surface area (Å²) in [6.45, 7) is 8.25. The standard InChI is InChI=1S/C9H8O3.C3H8.C2H6/c1-12-9(11)8-4-2-7(6-10)3-5-8;1-3-2;1-2/h2-6H,1H3;3H2,1-2H3;1-2H3. The lowest BCUT2D eigenvalue weighted by Crippen LogP contribution is -2.00. The third kappa shape index (κ3) is 8.20. The van der Waals surface area contributed by atoms with Gasteiger partial charge in [0.2, 0.25) is 0 Å². The first-order chi connectivity index (χ1) is 8.19. The van der Waals surface area contributed by atoms with Crippen molar-refractivity contribution in [1.82, 2.24) is 0 Å². The molecule has 0 heterocycles. The molecule has 0 N–H and O–H groups in total. The van der Waals surface area contributed by atoms with Gasteiger partial charge in [-0.2, -0.15) is 0 Å². The van der Waals surface area contributed by atoms with Crippen LogP contribution in [0.5, 0.6) is 0 Å².